The highest BCUT2D eigenvalue weighted by atomic mass is 32.2. The number of aliphatic hydroxyl groups excluding tert-OH is 1. The second-order valence-corrected chi connectivity index (χ2v) is 7.27. The van der Waals surface area contributed by atoms with Crippen LogP contribution >= 0.6 is 0 Å². The summed E-state index contributed by atoms with van der Waals surface area (Å²) < 4.78 is 30.9. The van der Waals surface area contributed by atoms with Crippen LogP contribution in [-0.4, -0.2) is 49.4 Å². The molecule has 0 aromatic carbocycles. The van der Waals surface area contributed by atoms with Crippen LogP contribution in [-0.2, 0) is 14.8 Å². The molecule has 0 saturated heterocycles. The number of alkyl carbamates (subject to hydrolysis) is 1. The van der Waals surface area contributed by atoms with E-state index in [4.69, 9.17) is 4.74 Å². The molecule has 0 radical (unpaired) electrons. The van der Waals surface area contributed by atoms with Crippen molar-refractivity contribution >= 4 is 16.1 Å². The molecule has 1 heterocycles. The zero-order valence-corrected chi connectivity index (χ0v) is 13.6. The number of pyridine rings is 1. The van der Waals surface area contributed by atoms with Crippen molar-refractivity contribution in [3.05, 3.63) is 24.4 Å². The quantitative estimate of drug-likeness (QED) is 0.687. The molecular formula is C13H21N3O5S. The maximum absolute atomic E-state index is 11.9. The Morgan fingerprint density at radius 1 is 1.36 bits per heavy atom. The van der Waals surface area contributed by atoms with Crippen molar-refractivity contribution in [2.75, 3.05) is 13.1 Å². The van der Waals surface area contributed by atoms with Crippen molar-refractivity contribution in [3.8, 4) is 0 Å². The minimum atomic E-state index is -3.79. The first-order valence-corrected chi connectivity index (χ1v) is 8.14. The molecule has 0 aliphatic heterocycles. The Morgan fingerprint density at radius 2 is 2.05 bits per heavy atom. The number of aliphatic hydroxyl groups is 1. The third-order valence-corrected chi connectivity index (χ3v) is 3.64. The van der Waals surface area contributed by atoms with Gasteiger partial charge in [-0.3, -0.25) is 0 Å². The van der Waals surface area contributed by atoms with E-state index < -0.39 is 27.8 Å². The molecule has 1 atom stereocenters. The zero-order chi connectivity index (χ0) is 16.8. The summed E-state index contributed by atoms with van der Waals surface area (Å²) in [5.74, 6) is 0. The maximum Gasteiger partial charge on any atom is 0.407 e. The molecule has 9 heteroatoms. The molecule has 0 aliphatic rings. The smallest absolute Gasteiger partial charge is 0.407 e. The normalized spacial score (nSPS) is 13.5. The predicted molar refractivity (Wildman–Crippen MR) is 79.7 cm³/mol. The van der Waals surface area contributed by atoms with E-state index >= 15 is 0 Å². The topological polar surface area (TPSA) is 118 Å². The molecule has 1 amide bonds. The summed E-state index contributed by atoms with van der Waals surface area (Å²) in [6.45, 7) is 4.74. The zero-order valence-electron chi connectivity index (χ0n) is 12.7. The lowest BCUT2D eigenvalue weighted by Crippen LogP contribution is -2.41. The minimum Gasteiger partial charge on any atom is -0.444 e. The molecule has 3 N–H and O–H groups in total. The molecule has 0 bridgehead atoms. The minimum absolute atomic E-state index is 0.137. The number of aromatic nitrogens is 1. The molecule has 1 rings (SSSR count). The standard InChI is InChI=1S/C13H21N3O5S/c1-13(2,3)21-12(18)15-8-10(17)9-16-22(19,20)11-6-4-5-7-14-11/h4-7,10,16-17H,8-9H2,1-3H3,(H,15,18)/t10-/m1/s1. The van der Waals surface area contributed by atoms with E-state index in [2.05, 4.69) is 15.0 Å². The third-order valence-electron chi connectivity index (χ3n) is 2.30. The lowest BCUT2D eigenvalue weighted by Gasteiger charge is -2.20. The van der Waals surface area contributed by atoms with Crippen LogP contribution in [0.5, 0.6) is 0 Å². The molecule has 0 saturated carbocycles. The van der Waals surface area contributed by atoms with Gasteiger partial charge in [0.05, 0.1) is 6.10 Å². The first-order valence-electron chi connectivity index (χ1n) is 6.66. The summed E-state index contributed by atoms with van der Waals surface area (Å²) in [5, 5.41) is 11.9. The van der Waals surface area contributed by atoms with Gasteiger partial charge in [0.1, 0.15) is 5.60 Å². The van der Waals surface area contributed by atoms with Crippen molar-refractivity contribution in [2.45, 2.75) is 37.5 Å². The van der Waals surface area contributed by atoms with Crippen molar-refractivity contribution < 1.29 is 23.1 Å². The van der Waals surface area contributed by atoms with E-state index in [1.54, 1.807) is 32.9 Å². The van der Waals surface area contributed by atoms with Crippen LogP contribution in [0.4, 0.5) is 4.79 Å². The Bertz CT molecular complexity index is 583. The number of amides is 1. The highest BCUT2D eigenvalue weighted by Gasteiger charge is 2.19. The molecule has 124 valence electrons. The van der Waals surface area contributed by atoms with E-state index in [1.807, 2.05) is 0 Å². The number of rotatable bonds is 6. The highest BCUT2D eigenvalue weighted by Crippen LogP contribution is 2.06. The summed E-state index contributed by atoms with van der Waals surface area (Å²) in [4.78, 5) is 15.1. The second-order valence-electron chi connectivity index (χ2n) is 5.56. The second kappa shape index (κ2) is 7.52. The van der Waals surface area contributed by atoms with Crippen LogP contribution in [0.3, 0.4) is 0 Å². The molecule has 22 heavy (non-hydrogen) atoms. The lowest BCUT2D eigenvalue weighted by atomic mass is 10.2. The molecule has 8 nitrogen and oxygen atoms in total. The largest absolute Gasteiger partial charge is 0.444 e. The number of carbonyl (C=O) groups is 1. The SMILES string of the molecule is CC(C)(C)OC(=O)NC[C@@H](O)CNS(=O)(=O)c1ccccn1. The van der Waals surface area contributed by atoms with Crippen molar-refractivity contribution in [3.63, 3.8) is 0 Å². The van der Waals surface area contributed by atoms with Crippen LogP contribution in [0.2, 0.25) is 0 Å². The van der Waals surface area contributed by atoms with Crippen molar-refractivity contribution in [1.82, 2.24) is 15.0 Å². The Labute approximate surface area is 130 Å². The number of nitrogens with zero attached hydrogens (tertiary/aromatic N) is 1. The Hall–Kier alpha value is -1.71. The first kappa shape index (κ1) is 18.3. The van der Waals surface area contributed by atoms with Crippen LogP contribution in [0.15, 0.2) is 29.4 Å². The fraction of sp³-hybridized carbons (Fsp3) is 0.538. The van der Waals surface area contributed by atoms with Gasteiger partial charge in [-0.2, -0.15) is 0 Å². The number of hydrogen-bond acceptors (Lipinski definition) is 6. The Balaban J connectivity index is 2.40. The van der Waals surface area contributed by atoms with E-state index in [1.165, 1.54) is 12.3 Å². The summed E-state index contributed by atoms with van der Waals surface area (Å²) >= 11 is 0. The Kier molecular flexibility index (Phi) is 6.27. The fourth-order valence-electron chi connectivity index (χ4n) is 1.37. The predicted octanol–water partition coefficient (Wildman–Crippen LogP) is 0.246. The number of hydrogen-bond donors (Lipinski definition) is 3. The summed E-state index contributed by atoms with van der Waals surface area (Å²) in [6, 6.07) is 4.48. The van der Waals surface area contributed by atoms with E-state index in [9.17, 15) is 18.3 Å². The highest BCUT2D eigenvalue weighted by molar-refractivity contribution is 7.89. The van der Waals surface area contributed by atoms with E-state index in [0.717, 1.165) is 0 Å². The van der Waals surface area contributed by atoms with Crippen LogP contribution < -0.4 is 10.0 Å². The molecule has 1 aromatic heterocycles. The molecule has 0 unspecified atom stereocenters. The Morgan fingerprint density at radius 3 is 2.59 bits per heavy atom. The first-order chi connectivity index (χ1) is 10.1. The van der Waals surface area contributed by atoms with E-state index in [-0.39, 0.29) is 18.1 Å². The summed E-state index contributed by atoms with van der Waals surface area (Å²) in [6.07, 6.45) is -0.417. The van der Waals surface area contributed by atoms with Crippen LogP contribution in [0.25, 0.3) is 0 Å². The number of sulfonamides is 1. The summed E-state index contributed by atoms with van der Waals surface area (Å²) in [7, 11) is -3.79. The molecule has 1 aromatic rings. The third kappa shape index (κ3) is 6.83. The maximum atomic E-state index is 11.9. The number of nitrogens with one attached hydrogen (secondary N) is 2. The van der Waals surface area contributed by atoms with Gasteiger partial charge in [-0.25, -0.2) is 22.9 Å². The van der Waals surface area contributed by atoms with Gasteiger partial charge >= 0.3 is 6.09 Å². The number of ether oxygens (including phenoxy) is 1. The van der Waals surface area contributed by atoms with Gasteiger partial charge < -0.3 is 15.2 Å². The van der Waals surface area contributed by atoms with Gasteiger partial charge in [-0.1, -0.05) is 6.07 Å². The molecule has 0 aliphatic carbocycles. The monoisotopic (exact) mass is 331 g/mol. The van der Waals surface area contributed by atoms with Crippen LogP contribution in [0, 0.1) is 0 Å². The van der Waals surface area contributed by atoms with Gasteiger partial charge in [0, 0.05) is 19.3 Å². The van der Waals surface area contributed by atoms with Crippen molar-refractivity contribution in [1.29, 1.82) is 0 Å². The summed E-state index contributed by atoms with van der Waals surface area (Å²) in [5.41, 5.74) is -0.643. The molecule has 0 fully saturated rings. The van der Waals surface area contributed by atoms with Crippen LogP contribution in [0.1, 0.15) is 20.8 Å². The van der Waals surface area contributed by atoms with E-state index in [0.29, 0.717) is 0 Å². The average Bonchev–Trinajstić information content (AvgIpc) is 2.42. The number of carbonyl (C=O) groups excluding carboxylic acids is 1. The van der Waals surface area contributed by atoms with Gasteiger partial charge in [0.2, 0.25) is 0 Å². The van der Waals surface area contributed by atoms with Gasteiger partial charge in [0.15, 0.2) is 5.03 Å². The molecule has 0 spiro atoms. The van der Waals surface area contributed by atoms with Gasteiger partial charge in [-0.05, 0) is 32.9 Å². The van der Waals surface area contributed by atoms with Gasteiger partial charge in [-0.15, -0.1) is 0 Å². The average molecular weight is 331 g/mol. The fourth-order valence-corrected chi connectivity index (χ4v) is 2.39. The van der Waals surface area contributed by atoms with Crippen molar-refractivity contribution in [2.24, 2.45) is 0 Å². The van der Waals surface area contributed by atoms with Gasteiger partial charge in [0.25, 0.3) is 10.0 Å². The lowest BCUT2D eigenvalue weighted by molar-refractivity contribution is 0.0494. The molecular weight excluding hydrogens is 310 g/mol.